The largest absolute Gasteiger partial charge is 0.369 e. The van der Waals surface area contributed by atoms with E-state index in [1.165, 1.54) is 16.9 Å². The molecule has 2 aromatic heterocycles. The van der Waals surface area contributed by atoms with Gasteiger partial charge in [-0.3, -0.25) is 0 Å². The molecule has 4 aromatic carbocycles. The standard InChI is InChI=1S/C23H29ClN7OP.C12H19N3.C11H11Cl2N4OP/c1-30-12-14-31(15-13-30)19-8-4-17(5-9-19)16-25-22-27-21(24)28-23(29-22)26-18-6-10-20(11-7-18)33(2,3)32;1-14-6-8-15(9-7-14)12-4-2-11(10-13)3-5-12;1-19(2,18)8-5-3-7(4-6-8)14-11-16-9(12)15-10(13)17-11/h4-11H,12-16H2,1-3H3,(H2,25,26,27,28,29);2-5H,6-10,13H2,1H3;3-6H,1-2H3,(H,14,15,16,17). The zero-order chi connectivity index (χ0) is 48.1. The Bertz CT molecular complexity index is 2580. The zero-order valence-corrected chi connectivity index (χ0v) is 42.8. The fourth-order valence-corrected chi connectivity index (χ4v) is 9.17. The van der Waals surface area contributed by atoms with Crippen molar-refractivity contribution in [1.29, 1.82) is 0 Å². The molecule has 5 N–H and O–H groups in total. The molecular formula is C46H59Cl3N14O2P2. The Hall–Kier alpha value is -4.89. The predicted molar refractivity (Wildman–Crippen MR) is 280 cm³/mol. The molecule has 0 atom stereocenters. The molecule has 6 aromatic rings. The van der Waals surface area contributed by atoms with E-state index in [1.807, 2.05) is 24.3 Å². The summed E-state index contributed by atoms with van der Waals surface area (Å²) >= 11 is 17.5. The van der Waals surface area contributed by atoms with Crippen molar-refractivity contribution in [3.05, 3.63) is 124 Å². The molecule has 0 amide bonds. The molecule has 4 heterocycles. The number of halogens is 3. The lowest BCUT2D eigenvalue weighted by atomic mass is 10.2. The molecule has 67 heavy (non-hydrogen) atoms. The first-order valence-electron chi connectivity index (χ1n) is 21.7. The minimum absolute atomic E-state index is 0.0192. The number of nitrogens with zero attached hydrogens (tertiary/aromatic N) is 10. The summed E-state index contributed by atoms with van der Waals surface area (Å²) in [6, 6.07) is 31.7. The maximum Gasteiger partial charge on any atom is 0.233 e. The normalized spacial score (nSPS) is 14.6. The molecule has 16 nitrogen and oxygen atoms in total. The number of anilines is 7. The number of nitrogens with one attached hydrogen (secondary N) is 3. The van der Waals surface area contributed by atoms with Crippen LogP contribution in [0, 0.1) is 0 Å². The van der Waals surface area contributed by atoms with E-state index in [-0.39, 0.29) is 21.8 Å². The molecule has 21 heteroatoms. The van der Waals surface area contributed by atoms with E-state index in [2.05, 4.69) is 128 Å². The van der Waals surface area contributed by atoms with Crippen LogP contribution < -0.4 is 42.1 Å². The van der Waals surface area contributed by atoms with Gasteiger partial charge in [-0.25, -0.2) is 0 Å². The van der Waals surface area contributed by atoms with Crippen molar-refractivity contribution in [3.63, 3.8) is 0 Å². The van der Waals surface area contributed by atoms with Gasteiger partial charge in [0.25, 0.3) is 0 Å². The topological polar surface area (TPSA) is 187 Å². The summed E-state index contributed by atoms with van der Waals surface area (Å²) < 4.78 is 24.1. The Morgan fingerprint density at radius 1 is 0.493 bits per heavy atom. The lowest BCUT2D eigenvalue weighted by Crippen LogP contribution is -2.44. The first-order valence-corrected chi connectivity index (χ1v) is 28.1. The van der Waals surface area contributed by atoms with Crippen LogP contribution in [0.2, 0.25) is 15.9 Å². The summed E-state index contributed by atoms with van der Waals surface area (Å²) in [4.78, 5) is 33.7. The molecule has 2 fully saturated rings. The van der Waals surface area contributed by atoms with Gasteiger partial charge in [0.05, 0.1) is 0 Å². The number of aromatic nitrogens is 6. The van der Waals surface area contributed by atoms with E-state index in [1.54, 1.807) is 50.9 Å². The Balaban J connectivity index is 0.000000183. The van der Waals surface area contributed by atoms with E-state index in [4.69, 9.17) is 40.5 Å². The van der Waals surface area contributed by atoms with E-state index >= 15 is 0 Å². The predicted octanol–water partition coefficient (Wildman–Crippen LogP) is 7.95. The van der Waals surface area contributed by atoms with Crippen LogP contribution in [0.4, 0.5) is 40.6 Å². The summed E-state index contributed by atoms with van der Waals surface area (Å²) in [5.41, 5.74) is 12.0. The van der Waals surface area contributed by atoms with Gasteiger partial charge in [-0.1, -0.05) is 24.3 Å². The van der Waals surface area contributed by atoms with Gasteiger partial charge in [0.15, 0.2) is 0 Å². The fraction of sp³-hybridized carbons (Fsp3) is 0.348. The molecule has 2 aliphatic rings. The second kappa shape index (κ2) is 23.9. The fourth-order valence-electron chi connectivity index (χ4n) is 6.91. The van der Waals surface area contributed by atoms with Crippen LogP contribution >= 0.6 is 49.1 Å². The first kappa shape index (κ1) is 51.5. The average Bonchev–Trinajstić information content (AvgIpc) is 3.29. The molecular weight excluding hydrogens is 949 g/mol. The van der Waals surface area contributed by atoms with E-state index in [9.17, 15) is 9.13 Å². The van der Waals surface area contributed by atoms with E-state index in [0.29, 0.717) is 25.0 Å². The summed E-state index contributed by atoms with van der Waals surface area (Å²) in [5, 5.41) is 11.1. The summed E-state index contributed by atoms with van der Waals surface area (Å²) in [7, 11) is -0.205. The summed E-state index contributed by atoms with van der Waals surface area (Å²) in [5.74, 6) is 0.990. The molecule has 0 spiro atoms. The zero-order valence-electron chi connectivity index (χ0n) is 38.7. The second-order valence-electron chi connectivity index (χ2n) is 17.0. The Kier molecular flexibility index (Phi) is 18.4. The number of hydrogen-bond acceptors (Lipinski definition) is 16. The highest BCUT2D eigenvalue weighted by atomic mass is 35.5. The van der Waals surface area contributed by atoms with Crippen LogP contribution in [-0.2, 0) is 22.2 Å². The van der Waals surface area contributed by atoms with Gasteiger partial charge in [0.2, 0.25) is 33.7 Å². The maximum atomic E-state index is 12.2. The summed E-state index contributed by atoms with van der Waals surface area (Å²) in [6.07, 6.45) is 0. The van der Waals surface area contributed by atoms with E-state index < -0.39 is 14.3 Å². The van der Waals surface area contributed by atoms with Gasteiger partial charge in [-0.15, -0.1) is 0 Å². The third-order valence-corrected chi connectivity index (χ3v) is 14.6. The molecule has 356 valence electrons. The molecule has 8 rings (SSSR count). The van der Waals surface area contributed by atoms with Crippen LogP contribution in [0.15, 0.2) is 97.1 Å². The lowest BCUT2D eigenvalue weighted by Gasteiger charge is -2.34. The number of benzene rings is 4. The second-order valence-corrected chi connectivity index (χ2v) is 24.4. The Labute approximate surface area is 408 Å². The highest BCUT2D eigenvalue weighted by Gasteiger charge is 2.16. The number of hydrogen-bond donors (Lipinski definition) is 4. The van der Waals surface area contributed by atoms with Crippen LogP contribution in [0.25, 0.3) is 0 Å². The molecule has 2 aliphatic heterocycles. The molecule has 0 aliphatic carbocycles. The minimum Gasteiger partial charge on any atom is -0.369 e. The number of likely N-dealkylation sites (N-methyl/N-ethyl adjacent to an activating group) is 2. The van der Waals surface area contributed by atoms with Crippen molar-refractivity contribution < 1.29 is 9.13 Å². The SMILES string of the molecule is CN1CCN(c2ccc(CN)cc2)CC1.CN1CCN(c2ccc(CNc3nc(Cl)nc(Nc4ccc(P(C)(C)=O)cc4)n3)cc2)CC1.CP(C)(=O)c1ccc(Nc2nc(Cl)nc(Cl)n2)cc1. The number of piperazine rings is 2. The molecule has 0 bridgehead atoms. The monoisotopic (exact) mass is 1010 g/mol. The van der Waals surface area contributed by atoms with Crippen molar-refractivity contribution >= 4 is 100 Å². The maximum absolute atomic E-state index is 12.2. The van der Waals surface area contributed by atoms with Crippen LogP contribution in [0.5, 0.6) is 0 Å². The molecule has 0 saturated carbocycles. The smallest absolute Gasteiger partial charge is 0.233 e. The van der Waals surface area contributed by atoms with Gasteiger partial charge < -0.3 is 50.4 Å². The van der Waals surface area contributed by atoms with Gasteiger partial charge in [0.1, 0.15) is 14.3 Å². The lowest BCUT2D eigenvalue weighted by molar-refractivity contribution is 0.313. The number of nitrogens with two attached hydrogens (primary N) is 1. The van der Waals surface area contributed by atoms with Crippen LogP contribution in [0.1, 0.15) is 11.1 Å². The van der Waals surface area contributed by atoms with Crippen molar-refractivity contribution in [2.45, 2.75) is 13.1 Å². The van der Waals surface area contributed by atoms with Crippen molar-refractivity contribution in [3.8, 4) is 0 Å². The van der Waals surface area contributed by atoms with Gasteiger partial charge in [-0.05, 0) is 159 Å². The number of rotatable bonds is 12. The highest BCUT2D eigenvalue weighted by molar-refractivity contribution is 7.70. The molecule has 2 saturated heterocycles. The van der Waals surface area contributed by atoms with Gasteiger partial charge in [-0.2, -0.15) is 29.9 Å². The first-order chi connectivity index (χ1) is 31.9. The molecule has 0 unspecified atom stereocenters. The Morgan fingerprint density at radius 3 is 1.24 bits per heavy atom. The minimum atomic E-state index is -2.29. The highest BCUT2D eigenvalue weighted by Crippen LogP contribution is 2.35. The van der Waals surface area contributed by atoms with Gasteiger partial charge >= 0.3 is 0 Å². The average molecular weight is 1010 g/mol. The van der Waals surface area contributed by atoms with E-state index in [0.717, 1.165) is 79.9 Å². The van der Waals surface area contributed by atoms with Crippen molar-refractivity contribution in [1.82, 2.24) is 39.7 Å². The van der Waals surface area contributed by atoms with Crippen molar-refractivity contribution in [2.75, 3.05) is 119 Å². The third kappa shape index (κ3) is 16.4. The summed E-state index contributed by atoms with van der Waals surface area (Å²) in [6.45, 7) is 17.0. The Morgan fingerprint density at radius 2 is 0.851 bits per heavy atom. The van der Waals surface area contributed by atoms with Crippen LogP contribution in [-0.4, -0.2) is 133 Å². The third-order valence-electron chi connectivity index (χ3n) is 11.0. The van der Waals surface area contributed by atoms with Crippen LogP contribution in [0.3, 0.4) is 0 Å². The quantitative estimate of drug-likeness (QED) is 0.0865. The van der Waals surface area contributed by atoms with Crippen molar-refractivity contribution in [2.24, 2.45) is 5.73 Å². The molecule has 0 radical (unpaired) electrons. The van der Waals surface area contributed by atoms with Gasteiger partial charge in [0, 0.05) is 98.8 Å².